The fraction of sp³-hybridized carbons (Fsp3) is 0.200. The Kier molecular flexibility index (Phi) is 2.25. The Labute approximate surface area is 89.2 Å². The molecule has 0 saturated heterocycles. The van der Waals surface area contributed by atoms with Gasteiger partial charge in [0.25, 0.3) is 0 Å². The van der Waals surface area contributed by atoms with Gasteiger partial charge in [-0.1, -0.05) is 0 Å². The van der Waals surface area contributed by atoms with Gasteiger partial charge in [0.15, 0.2) is 11.6 Å². The molecule has 14 heavy (non-hydrogen) atoms. The molecule has 0 bridgehead atoms. The highest BCUT2D eigenvalue weighted by molar-refractivity contribution is 7.28. The lowest BCUT2D eigenvalue weighted by Gasteiger charge is -1.93. The third-order valence-electron chi connectivity index (χ3n) is 1.97. The van der Waals surface area contributed by atoms with Crippen LogP contribution in [0, 0.1) is 0 Å². The summed E-state index contributed by atoms with van der Waals surface area (Å²) in [5.41, 5.74) is 0.604. The first-order valence-corrected chi connectivity index (χ1v) is 5.82. The van der Waals surface area contributed by atoms with E-state index >= 15 is 0 Å². The van der Waals surface area contributed by atoms with Gasteiger partial charge >= 0.3 is 0 Å². The maximum atomic E-state index is 11.4. The van der Waals surface area contributed by atoms with Crippen molar-refractivity contribution in [3.63, 3.8) is 0 Å². The number of rotatable bonds is 2. The molecule has 0 amide bonds. The van der Waals surface area contributed by atoms with Crippen LogP contribution in [0.2, 0.25) is 0 Å². The quantitative estimate of drug-likeness (QED) is 0.733. The van der Waals surface area contributed by atoms with E-state index in [9.17, 15) is 9.59 Å². The van der Waals surface area contributed by atoms with Crippen molar-refractivity contribution in [3.05, 3.63) is 21.9 Å². The molecule has 0 aliphatic carbocycles. The van der Waals surface area contributed by atoms with Gasteiger partial charge in [-0.15, -0.1) is 22.7 Å². The van der Waals surface area contributed by atoms with Crippen molar-refractivity contribution in [1.29, 1.82) is 0 Å². The molecule has 0 unspecified atom stereocenters. The van der Waals surface area contributed by atoms with Gasteiger partial charge in [-0.25, -0.2) is 0 Å². The average molecular weight is 224 g/mol. The minimum atomic E-state index is -0.0244. The molecule has 2 rings (SSSR count). The molecule has 0 aliphatic heterocycles. The summed E-state index contributed by atoms with van der Waals surface area (Å²) in [4.78, 5) is 23.3. The number of carbonyl (C=O) groups is 2. The number of Topliss-reactive ketones (excluding diaryl/α,β-unsaturated/α-hetero) is 2. The minimum Gasteiger partial charge on any atom is -0.294 e. The molecule has 2 aromatic heterocycles. The highest BCUT2D eigenvalue weighted by Crippen LogP contribution is 2.35. The van der Waals surface area contributed by atoms with E-state index in [0.29, 0.717) is 10.4 Å². The van der Waals surface area contributed by atoms with Crippen LogP contribution in [0.4, 0.5) is 0 Å². The van der Waals surface area contributed by atoms with Crippen molar-refractivity contribution in [1.82, 2.24) is 0 Å². The molecule has 0 atom stereocenters. The molecule has 0 N–H and O–H groups in total. The predicted octanol–water partition coefficient (Wildman–Crippen LogP) is 3.37. The van der Waals surface area contributed by atoms with Crippen molar-refractivity contribution < 1.29 is 9.59 Å². The molecule has 0 spiro atoms. The van der Waals surface area contributed by atoms with Crippen LogP contribution in [0.3, 0.4) is 0 Å². The third kappa shape index (κ3) is 1.31. The first kappa shape index (κ1) is 9.55. The molecular formula is C10H8O2S2. The zero-order valence-electron chi connectivity index (χ0n) is 7.79. The number of thiophene rings is 2. The zero-order valence-corrected chi connectivity index (χ0v) is 9.42. The van der Waals surface area contributed by atoms with Crippen molar-refractivity contribution >= 4 is 43.6 Å². The van der Waals surface area contributed by atoms with E-state index in [2.05, 4.69) is 0 Å². The van der Waals surface area contributed by atoms with E-state index in [0.717, 1.165) is 9.40 Å². The van der Waals surface area contributed by atoms with Gasteiger partial charge < -0.3 is 0 Å². The SMILES string of the molecule is CC(=O)c1sc2ccsc2c1C(C)=O. The molecule has 72 valence electrons. The summed E-state index contributed by atoms with van der Waals surface area (Å²) in [6.07, 6.45) is 0. The standard InChI is InChI=1S/C10H8O2S2/c1-5(11)8-9(6(2)12)14-7-3-4-13-10(7)8/h3-4H,1-2H3. The van der Waals surface area contributed by atoms with Crippen LogP contribution < -0.4 is 0 Å². The van der Waals surface area contributed by atoms with Gasteiger partial charge in [-0.05, 0) is 25.3 Å². The Morgan fingerprint density at radius 3 is 2.50 bits per heavy atom. The highest BCUT2D eigenvalue weighted by atomic mass is 32.1. The van der Waals surface area contributed by atoms with Gasteiger partial charge in [0, 0.05) is 4.70 Å². The topological polar surface area (TPSA) is 34.1 Å². The summed E-state index contributed by atoms with van der Waals surface area (Å²) in [7, 11) is 0. The van der Waals surface area contributed by atoms with Crippen molar-refractivity contribution in [3.8, 4) is 0 Å². The first-order valence-electron chi connectivity index (χ1n) is 4.13. The Morgan fingerprint density at radius 1 is 1.21 bits per heavy atom. The smallest absolute Gasteiger partial charge is 0.170 e. The number of ketones is 2. The molecule has 4 heteroatoms. The number of hydrogen-bond acceptors (Lipinski definition) is 4. The van der Waals surface area contributed by atoms with Gasteiger partial charge in [0.2, 0.25) is 0 Å². The van der Waals surface area contributed by atoms with Crippen LogP contribution in [-0.2, 0) is 0 Å². The summed E-state index contributed by atoms with van der Waals surface area (Å²) >= 11 is 2.92. The second kappa shape index (κ2) is 3.29. The van der Waals surface area contributed by atoms with E-state index in [1.54, 1.807) is 0 Å². The van der Waals surface area contributed by atoms with Gasteiger partial charge in [-0.2, -0.15) is 0 Å². The van der Waals surface area contributed by atoms with Crippen LogP contribution >= 0.6 is 22.7 Å². The monoisotopic (exact) mass is 224 g/mol. The fourth-order valence-corrected chi connectivity index (χ4v) is 3.74. The summed E-state index contributed by atoms with van der Waals surface area (Å²) in [5.74, 6) is -0.0486. The summed E-state index contributed by atoms with van der Waals surface area (Å²) in [6, 6.07) is 1.95. The van der Waals surface area contributed by atoms with E-state index in [-0.39, 0.29) is 11.6 Å². The predicted molar refractivity (Wildman–Crippen MR) is 59.7 cm³/mol. The van der Waals surface area contributed by atoms with Crippen molar-refractivity contribution in [2.24, 2.45) is 0 Å². The molecule has 0 saturated carbocycles. The van der Waals surface area contributed by atoms with Crippen molar-refractivity contribution in [2.75, 3.05) is 0 Å². The molecule has 0 radical (unpaired) electrons. The third-order valence-corrected chi connectivity index (χ3v) is 4.28. The minimum absolute atomic E-state index is 0.0242. The highest BCUT2D eigenvalue weighted by Gasteiger charge is 2.19. The molecule has 2 aromatic rings. The molecule has 0 aromatic carbocycles. The Balaban J connectivity index is 2.82. The zero-order chi connectivity index (χ0) is 10.3. The van der Waals surface area contributed by atoms with Crippen LogP contribution in [0.15, 0.2) is 11.4 Å². The van der Waals surface area contributed by atoms with Crippen LogP contribution in [0.25, 0.3) is 9.40 Å². The maximum Gasteiger partial charge on any atom is 0.170 e. The molecular weight excluding hydrogens is 216 g/mol. The number of hydrogen-bond donors (Lipinski definition) is 0. The number of carbonyl (C=O) groups excluding carboxylic acids is 2. The second-order valence-electron chi connectivity index (χ2n) is 3.03. The van der Waals surface area contributed by atoms with Gasteiger partial charge in [0.05, 0.1) is 15.1 Å². The van der Waals surface area contributed by atoms with E-state index in [4.69, 9.17) is 0 Å². The Bertz CT molecular complexity index is 519. The summed E-state index contributed by atoms with van der Waals surface area (Å²) in [6.45, 7) is 3.01. The van der Waals surface area contributed by atoms with Crippen molar-refractivity contribution in [2.45, 2.75) is 13.8 Å². The molecule has 2 nitrogen and oxygen atoms in total. The van der Waals surface area contributed by atoms with Gasteiger partial charge in [-0.3, -0.25) is 9.59 Å². The molecule has 2 heterocycles. The average Bonchev–Trinajstić information content (AvgIpc) is 2.58. The fourth-order valence-electron chi connectivity index (χ4n) is 1.39. The van der Waals surface area contributed by atoms with E-state index < -0.39 is 0 Å². The van der Waals surface area contributed by atoms with Crippen LogP contribution in [0.5, 0.6) is 0 Å². The van der Waals surface area contributed by atoms with E-state index in [1.165, 1.54) is 36.5 Å². The first-order chi connectivity index (χ1) is 6.61. The van der Waals surface area contributed by atoms with Gasteiger partial charge in [0.1, 0.15) is 0 Å². The maximum absolute atomic E-state index is 11.4. The number of fused-ring (bicyclic) bond motifs is 1. The van der Waals surface area contributed by atoms with E-state index in [1.807, 2.05) is 11.4 Å². The summed E-state index contributed by atoms with van der Waals surface area (Å²) in [5, 5.41) is 1.94. The molecule has 0 fully saturated rings. The largest absolute Gasteiger partial charge is 0.294 e. The normalized spacial score (nSPS) is 10.7. The summed E-state index contributed by atoms with van der Waals surface area (Å²) < 4.78 is 1.98. The lowest BCUT2D eigenvalue weighted by atomic mass is 10.1. The lowest BCUT2D eigenvalue weighted by molar-refractivity contribution is 0.0985. The van der Waals surface area contributed by atoms with Crippen LogP contribution in [-0.4, -0.2) is 11.6 Å². The van der Waals surface area contributed by atoms with Crippen LogP contribution in [0.1, 0.15) is 33.9 Å². The Morgan fingerprint density at radius 2 is 1.93 bits per heavy atom. The second-order valence-corrected chi connectivity index (χ2v) is 5.00. The lowest BCUT2D eigenvalue weighted by Crippen LogP contribution is -1.98. The molecule has 0 aliphatic rings. The Hall–Kier alpha value is -1.00.